The molecule has 0 saturated heterocycles. The van der Waals surface area contributed by atoms with Crippen LogP contribution in [0.3, 0.4) is 0 Å². The Balaban J connectivity index is 2.48. The first-order valence-corrected chi connectivity index (χ1v) is 5.02. The number of aryl methyl sites for hydroxylation is 1. The van der Waals surface area contributed by atoms with E-state index >= 15 is 0 Å². The molecule has 2 aromatic rings. The number of hydrogen-bond donors (Lipinski definition) is 0. The topological polar surface area (TPSA) is 17.1 Å². The normalized spacial score (nSPS) is 10.1. The van der Waals surface area contributed by atoms with E-state index in [0.29, 0.717) is 5.56 Å². The summed E-state index contributed by atoms with van der Waals surface area (Å²) in [7, 11) is 0. The maximum absolute atomic E-state index is 12.8. The van der Waals surface area contributed by atoms with E-state index in [1.807, 2.05) is 25.1 Å². The number of carbonyl (C=O) groups excluding carboxylic acids is 1. The Kier molecular flexibility index (Phi) is 2.82. The minimum absolute atomic E-state index is 0.258. The molecule has 2 aromatic carbocycles. The lowest BCUT2D eigenvalue weighted by molar-refractivity contribution is 0.112. The van der Waals surface area contributed by atoms with E-state index in [1.54, 1.807) is 12.1 Å². The molecule has 0 bridgehead atoms. The lowest BCUT2D eigenvalue weighted by Gasteiger charge is -2.04. The molecule has 0 atom stereocenters. The summed E-state index contributed by atoms with van der Waals surface area (Å²) >= 11 is 0. The van der Waals surface area contributed by atoms with Gasteiger partial charge < -0.3 is 0 Å². The van der Waals surface area contributed by atoms with Gasteiger partial charge in [-0.2, -0.15) is 0 Å². The lowest BCUT2D eigenvalue weighted by atomic mass is 10.0. The SMILES string of the molecule is Cc1ccc(-c2ccc(F)cc2)cc1C=O. The Hall–Kier alpha value is -1.96. The van der Waals surface area contributed by atoms with Crippen LogP contribution < -0.4 is 0 Å². The fourth-order valence-corrected chi connectivity index (χ4v) is 1.59. The molecule has 0 fully saturated rings. The van der Waals surface area contributed by atoms with E-state index in [1.165, 1.54) is 12.1 Å². The molecule has 1 nitrogen and oxygen atoms in total. The molecule has 0 aliphatic rings. The minimum atomic E-state index is -0.258. The van der Waals surface area contributed by atoms with Gasteiger partial charge in [0.1, 0.15) is 12.1 Å². The second-order valence-corrected chi connectivity index (χ2v) is 3.70. The summed E-state index contributed by atoms with van der Waals surface area (Å²) in [6.45, 7) is 1.89. The molecular formula is C14H11FO. The van der Waals surface area contributed by atoms with Gasteiger partial charge in [0.25, 0.3) is 0 Å². The molecule has 0 aliphatic heterocycles. The fourth-order valence-electron chi connectivity index (χ4n) is 1.59. The molecule has 0 saturated carbocycles. The van der Waals surface area contributed by atoms with E-state index in [0.717, 1.165) is 23.0 Å². The Morgan fingerprint density at radius 2 is 1.62 bits per heavy atom. The van der Waals surface area contributed by atoms with Crippen molar-refractivity contribution in [3.63, 3.8) is 0 Å². The monoisotopic (exact) mass is 214 g/mol. The van der Waals surface area contributed by atoms with Gasteiger partial charge in [-0.3, -0.25) is 4.79 Å². The molecule has 2 heteroatoms. The predicted molar refractivity (Wildman–Crippen MR) is 62.0 cm³/mol. The quantitative estimate of drug-likeness (QED) is 0.698. The highest BCUT2D eigenvalue weighted by Gasteiger charge is 2.01. The smallest absolute Gasteiger partial charge is 0.150 e. The molecule has 0 radical (unpaired) electrons. The summed E-state index contributed by atoms with van der Waals surface area (Å²) in [6.07, 6.45) is 0.836. The fraction of sp³-hybridized carbons (Fsp3) is 0.0714. The molecule has 0 spiro atoms. The van der Waals surface area contributed by atoms with Crippen LogP contribution in [-0.4, -0.2) is 6.29 Å². The number of hydrogen-bond acceptors (Lipinski definition) is 1. The van der Waals surface area contributed by atoms with Gasteiger partial charge in [0.15, 0.2) is 0 Å². The highest BCUT2D eigenvalue weighted by molar-refractivity contribution is 5.81. The van der Waals surface area contributed by atoms with Gasteiger partial charge in [-0.15, -0.1) is 0 Å². The van der Waals surface area contributed by atoms with Gasteiger partial charge in [0, 0.05) is 5.56 Å². The van der Waals surface area contributed by atoms with Gasteiger partial charge in [0.05, 0.1) is 0 Å². The molecule has 0 heterocycles. The van der Waals surface area contributed by atoms with Crippen LogP contribution in [0.5, 0.6) is 0 Å². The predicted octanol–water partition coefficient (Wildman–Crippen LogP) is 3.61. The van der Waals surface area contributed by atoms with Crippen molar-refractivity contribution in [2.24, 2.45) is 0 Å². The summed E-state index contributed by atoms with van der Waals surface area (Å²) in [4.78, 5) is 10.8. The lowest BCUT2D eigenvalue weighted by Crippen LogP contribution is -1.87. The first-order chi connectivity index (χ1) is 7.70. The van der Waals surface area contributed by atoms with Crippen molar-refractivity contribution in [1.29, 1.82) is 0 Å². The van der Waals surface area contributed by atoms with Crippen LogP contribution in [0.25, 0.3) is 11.1 Å². The summed E-state index contributed by atoms with van der Waals surface area (Å²) < 4.78 is 12.8. The van der Waals surface area contributed by atoms with Crippen LogP contribution in [0.1, 0.15) is 15.9 Å². The molecule has 0 N–H and O–H groups in total. The van der Waals surface area contributed by atoms with Crippen LogP contribution in [0.2, 0.25) is 0 Å². The Morgan fingerprint density at radius 3 is 2.25 bits per heavy atom. The van der Waals surface area contributed by atoms with E-state index in [-0.39, 0.29) is 5.82 Å². The van der Waals surface area contributed by atoms with Crippen molar-refractivity contribution in [1.82, 2.24) is 0 Å². The Labute approximate surface area is 93.5 Å². The van der Waals surface area contributed by atoms with Crippen molar-refractivity contribution in [3.8, 4) is 11.1 Å². The van der Waals surface area contributed by atoms with E-state index in [9.17, 15) is 9.18 Å². The maximum Gasteiger partial charge on any atom is 0.150 e. The Morgan fingerprint density at radius 1 is 1.00 bits per heavy atom. The zero-order valence-electron chi connectivity index (χ0n) is 8.91. The zero-order chi connectivity index (χ0) is 11.5. The third-order valence-corrected chi connectivity index (χ3v) is 2.58. The first kappa shape index (κ1) is 10.6. The number of aldehydes is 1. The van der Waals surface area contributed by atoms with Crippen LogP contribution in [0, 0.1) is 12.7 Å². The molecular weight excluding hydrogens is 203 g/mol. The van der Waals surface area contributed by atoms with Crippen molar-refractivity contribution in [3.05, 3.63) is 59.4 Å². The summed E-state index contributed by atoms with van der Waals surface area (Å²) in [5.74, 6) is -0.258. The molecule has 2 rings (SSSR count). The van der Waals surface area contributed by atoms with Crippen LogP contribution in [-0.2, 0) is 0 Å². The highest BCUT2D eigenvalue weighted by Crippen LogP contribution is 2.21. The first-order valence-electron chi connectivity index (χ1n) is 5.02. The van der Waals surface area contributed by atoms with Crippen molar-refractivity contribution in [2.75, 3.05) is 0 Å². The van der Waals surface area contributed by atoms with E-state index in [4.69, 9.17) is 0 Å². The highest BCUT2D eigenvalue weighted by atomic mass is 19.1. The van der Waals surface area contributed by atoms with Gasteiger partial charge in [-0.05, 0) is 41.8 Å². The van der Waals surface area contributed by atoms with Crippen molar-refractivity contribution >= 4 is 6.29 Å². The van der Waals surface area contributed by atoms with E-state index < -0.39 is 0 Å². The van der Waals surface area contributed by atoms with Gasteiger partial charge in [0.2, 0.25) is 0 Å². The maximum atomic E-state index is 12.8. The van der Waals surface area contributed by atoms with Crippen LogP contribution in [0.15, 0.2) is 42.5 Å². The molecule has 16 heavy (non-hydrogen) atoms. The molecule has 0 amide bonds. The number of rotatable bonds is 2. The number of benzene rings is 2. The largest absolute Gasteiger partial charge is 0.298 e. The standard InChI is InChI=1S/C14H11FO/c1-10-2-3-12(8-13(10)9-16)11-4-6-14(15)7-5-11/h2-9H,1H3. The van der Waals surface area contributed by atoms with E-state index in [2.05, 4.69) is 0 Å². The number of halogens is 1. The summed E-state index contributed by atoms with van der Waals surface area (Å²) in [5.41, 5.74) is 3.44. The second-order valence-electron chi connectivity index (χ2n) is 3.70. The molecule has 80 valence electrons. The van der Waals surface area contributed by atoms with Gasteiger partial charge in [-0.1, -0.05) is 24.3 Å². The average Bonchev–Trinajstić information content (AvgIpc) is 2.31. The Bertz CT molecular complexity index is 515. The zero-order valence-corrected chi connectivity index (χ0v) is 8.91. The van der Waals surface area contributed by atoms with Crippen LogP contribution in [0.4, 0.5) is 4.39 Å². The average molecular weight is 214 g/mol. The van der Waals surface area contributed by atoms with Gasteiger partial charge >= 0.3 is 0 Å². The molecule has 0 unspecified atom stereocenters. The van der Waals surface area contributed by atoms with Crippen molar-refractivity contribution in [2.45, 2.75) is 6.92 Å². The molecule has 0 aliphatic carbocycles. The second kappa shape index (κ2) is 4.27. The molecule has 0 aromatic heterocycles. The number of carbonyl (C=O) groups is 1. The summed E-state index contributed by atoms with van der Waals surface area (Å²) in [6, 6.07) is 11.9. The van der Waals surface area contributed by atoms with Crippen molar-refractivity contribution < 1.29 is 9.18 Å². The van der Waals surface area contributed by atoms with Gasteiger partial charge in [-0.25, -0.2) is 4.39 Å². The van der Waals surface area contributed by atoms with Crippen LogP contribution >= 0.6 is 0 Å². The third kappa shape index (κ3) is 2.01. The third-order valence-electron chi connectivity index (χ3n) is 2.58. The minimum Gasteiger partial charge on any atom is -0.298 e. The summed E-state index contributed by atoms with van der Waals surface area (Å²) in [5, 5.41) is 0.